The number of carbonyl (C=O) groups excluding carboxylic acids is 1. The monoisotopic (exact) mass is 307 g/mol. The number of carbonyl (C=O) groups is 1. The molecule has 1 aliphatic rings. The highest BCUT2D eigenvalue weighted by atomic mass is 35.5. The minimum Gasteiger partial charge on any atom is -0.268 e. The Morgan fingerprint density at radius 3 is 2.16 bits per heavy atom. The summed E-state index contributed by atoms with van der Waals surface area (Å²) < 4.78 is 0. The summed E-state index contributed by atoms with van der Waals surface area (Å²) in [4.78, 5) is 14.3. The minimum absolute atomic E-state index is 0.176. The number of amides is 1. The van der Waals surface area contributed by atoms with E-state index in [1.54, 1.807) is 12.1 Å². The Morgan fingerprint density at radius 1 is 0.947 bits per heavy atom. The topological polar surface area (TPSA) is 20.3 Å². The Balaban J connectivity index is 2.15. The number of thiocarbonyl (C=S) groups is 1. The van der Waals surface area contributed by atoms with Gasteiger partial charge >= 0.3 is 0 Å². The van der Waals surface area contributed by atoms with Crippen molar-refractivity contribution >= 4 is 52.0 Å². The highest BCUT2D eigenvalue weighted by Crippen LogP contribution is 2.34. The van der Waals surface area contributed by atoms with Crippen LogP contribution in [-0.4, -0.2) is 10.9 Å². The molecule has 1 aliphatic heterocycles. The van der Waals surface area contributed by atoms with Gasteiger partial charge in [0.1, 0.15) is 4.99 Å². The molecule has 1 amide bonds. The second-order valence-electron chi connectivity index (χ2n) is 4.09. The lowest BCUT2D eigenvalue weighted by Gasteiger charge is -2.15. The zero-order chi connectivity index (χ0) is 13.6. The summed E-state index contributed by atoms with van der Waals surface area (Å²) in [5, 5.41) is 0.747. The van der Waals surface area contributed by atoms with E-state index in [0.29, 0.717) is 26.2 Å². The van der Waals surface area contributed by atoms with Gasteiger partial charge < -0.3 is 0 Å². The van der Waals surface area contributed by atoms with E-state index in [-0.39, 0.29) is 5.91 Å². The quantitative estimate of drug-likeness (QED) is 0.731. The molecule has 0 fully saturated rings. The number of hydrogen-bond donors (Lipinski definition) is 0. The number of rotatable bonds is 1. The number of nitrogens with zero attached hydrogens (tertiary/aromatic N) is 1. The number of fused-ring (bicyclic) bond motifs is 1. The lowest BCUT2D eigenvalue weighted by molar-refractivity contribution is 0.101. The first-order valence-corrected chi connectivity index (χ1v) is 6.69. The Kier molecular flexibility index (Phi) is 3.05. The van der Waals surface area contributed by atoms with E-state index in [9.17, 15) is 4.79 Å². The van der Waals surface area contributed by atoms with Crippen LogP contribution in [0.15, 0.2) is 42.5 Å². The van der Waals surface area contributed by atoms with Gasteiger partial charge in [-0.1, -0.05) is 53.6 Å². The molecule has 3 rings (SSSR count). The van der Waals surface area contributed by atoms with Gasteiger partial charge in [0.25, 0.3) is 5.91 Å². The summed E-state index contributed by atoms with van der Waals surface area (Å²) in [6.45, 7) is 0. The number of benzene rings is 2. The molecule has 0 unspecified atom stereocenters. The Bertz CT molecular complexity index is 659. The molecule has 19 heavy (non-hydrogen) atoms. The SMILES string of the molecule is O=C1c2cc(Cl)c(Cl)cc2C(=S)N1c1ccccc1. The van der Waals surface area contributed by atoms with E-state index in [2.05, 4.69) is 0 Å². The van der Waals surface area contributed by atoms with Crippen LogP contribution in [-0.2, 0) is 0 Å². The van der Waals surface area contributed by atoms with E-state index in [4.69, 9.17) is 35.4 Å². The third-order valence-corrected chi connectivity index (χ3v) is 4.07. The van der Waals surface area contributed by atoms with E-state index in [0.717, 1.165) is 5.69 Å². The van der Waals surface area contributed by atoms with Crippen LogP contribution in [0.5, 0.6) is 0 Å². The number of hydrogen-bond acceptors (Lipinski definition) is 2. The van der Waals surface area contributed by atoms with Crippen molar-refractivity contribution in [3.05, 3.63) is 63.6 Å². The molecular formula is C14H7Cl2NOS. The summed E-state index contributed by atoms with van der Waals surface area (Å²) >= 11 is 17.3. The third kappa shape index (κ3) is 1.94. The fraction of sp³-hybridized carbons (Fsp3) is 0. The molecule has 0 bridgehead atoms. The molecule has 2 aromatic rings. The van der Waals surface area contributed by atoms with Crippen molar-refractivity contribution in [1.29, 1.82) is 0 Å². The maximum absolute atomic E-state index is 12.4. The van der Waals surface area contributed by atoms with Gasteiger partial charge in [-0.2, -0.15) is 0 Å². The van der Waals surface area contributed by atoms with Crippen LogP contribution >= 0.6 is 35.4 Å². The number of halogens is 2. The van der Waals surface area contributed by atoms with Gasteiger partial charge in [-0.05, 0) is 24.3 Å². The highest BCUT2D eigenvalue weighted by Gasteiger charge is 2.34. The van der Waals surface area contributed by atoms with Crippen molar-refractivity contribution in [1.82, 2.24) is 0 Å². The molecule has 0 atom stereocenters. The maximum Gasteiger partial charge on any atom is 0.264 e. The molecule has 0 radical (unpaired) electrons. The van der Waals surface area contributed by atoms with Gasteiger partial charge in [-0.25, -0.2) is 0 Å². The molecule has 0 aliphatic carbocycles. The van der Waals surface area contributed by atoms with E-state index >= 15 is 0 Å². The highest BCUT2D eigenvalue weighted by molar-refractivity contribution is 7.81. The average Bonchev–Trinajstić information content (AvgIpc) is 2.64. The van der Waals surface area contributed by atoms with Gasteiger partial charge in [0.15, 0.2) is 0 Å². The summed E-state index contributed by atoms with van der Waals surface area (Å²) in [7, 11) is 0. The summed E-state index contributed by atoms with van der Waals surface area (Å²) in [6, 6.07) is 12.5. The van der Waals surface area contributed by atoms with Crippen molar-refractivity contribution in [2.75, 3.05) is 4.90 Å². The molecule has 0 aromatic heterocycles. The minimum atomic E-state index is -0.176. The summed E-state index contributed by atoms with van der Waals surface area (Å²) in [6.07, 6.45) is 0. The van der Waals surface area contributed by atoms with Gasteiger partial charge in [-0.15, -0.1) is 0 Å². The van der Waals surface area contributed by atoms with E-state index in [1.807, 2.05) is 30.3 Å². The predicted molar refractivity (Wildman–Crippen MR) is 81.4 cm³/mol. The molecule has 2 aromatic carbocycles. The van der Waals surface area contributed by atoms with E-state index in [1.165, 1.54) is 4.90 Å². The zero-order valence-corrected chi connectivity index (χ0v) is 11.9. The van der Waals surface area contributed by atoms with Gasteiger partial charge in [0.05, 0.1) is 21.3 Å². The average molecular weight is 308 g/mol. The molecular weight excluding hydrogens is 301 g/mol. The van der Waals surface area contributed by atoms with Gasteiger partial charge in [0.2, 0.25) is 0 Å². The smallest absolute Gasteiger partial charge is 0.264 e. The second-order valence-corrected chi connectivity index (χ2v) is 5.29. The molecule has 0 N–H and O–H groups in total. The van der Waals surface area contributed by atoms with Crippen LogP contribution < -0.4 is 4.90 Å². The van der Waals surface area contributed by atoms with Crippen LogP contribution in [0.2, 0.25) is 10.0 Å². The van der Waals surface area contributed by atoms with E-state index < -0.39 is 0 Å². The molecule has 2 nitrogen and oxygen atoms in total. The zero-order valence-electron chi connectivity index (χ0n) is 9.56. The van der Waals surface area contributed by atoms with Crippen molar-refractivity contribution < 1.29 is 4.79 Å². The van der Waals surface area contributed by atoms with Crippen LogP contribution in [0.1, 0.15) is 15.9 Å². The van der Waals surface area contributed by atoms with Crippen LogP contribution in [0.25, 0.3) is 0 Å². The fourth-order valence-electron chi connectivity index (χ4n) is 2.05. The standard InChI is InChI=1S/C14H7Cl2NOS/c15-11-6-9-10(7-12(11)16)14(19)17(13(9)18)8-4-2-1-3-5-8/h1-7H. The maximum atomic E-state index is 12.4. The lowest BCUT2D eigenvalue weighted by atomic mass is 10.1. The summed E-state index contributed by atoms with van der Waals surface area (Å²) in [5.74, 6) is -0.176. The fourth-order valence-corrected chi connectivity index (χ4v) is 2.73. The Labute approximate surface area is 125 Å². The van der Waals surface area contributed by atoms with Crippen molar-refractivity contribution in [2.24, 2.45) is 0 Å². The molecule has 94 valence electrons. The molecule has 1 heterocycles. The van der Waals surface area contributed by atoms with Crippen molar-refractivity contribution in [2.45, 2.75) is 0 Å². The predicted octanol–water partition coefficient (Wildman–Crippen LogP) is 4.33. The van der Waals surface area contributed by atoms with Crippen molar-refractivity contribution in [3.63, 3.8) is 0 Å². The normalized spacial score (nSPS) is 13.9. The number of anilines is 1. The molecule has 0 saturated heterocycles. The Hall–Kier alpha value is -1.42. The molecule has 0 saturated carbocycles. The third-order valence-electron chi connectivity index (χ3n) is 2.94. The van der Waals surface area contributed by atoms with Crippen LogP contribution in [0.3, 0.4) is 0 Å². The Morgan fingerprint density at radius 2 is 1.53 bits per heavy atom. The first kappa shape index (κ1) is 12.6. The van der Waals surface area contributed by atoms with Gasteiger partial charge in [-0.3, -0.25) is 9.69 Å². The van der Waals surface area contributed by atoms with Crippen LogP contribution in [0, 0.1) is 0 Å². The number of para-hydroxylation sites is 1. The molecule has 0 spiro atoms. The largest absolute Gasteiger partial charge is 0.268 e. The molecule has 5 heteroatoms. The summed E-state index contributed by atoms with van der Waals surface area (Å²) in [5.41, 5.74) is 1.88. The van der Waals surface area contributed by atoms with Crippen molar-refractivity contribution in [3.8, 4) is 0 Å². The second kappa shape index (κ2) is 4.60. The lowest BCUT2D eigenvalue weighted by Crippen LogP contribution is -2.28. The van der Waals surface area contributed by atoms with Gasteiger partial charge in [0, 0.05) is 5.56 Å². The van der Waals surface area contributed by atoms with Crippen LogP contribution in [0.4, 0.5) is 5.69 Å². The first-order chi connectivity index (χ1) is 9.09. The first-order valence-electron chi connectivity index (χ1n) is 5.52.